The van der Waals surface area contributed by atoms with Crippen LogP contribution in [0.5, 0.6) is 0 Å². The Morgan fingerprint density at radius 3 is 1.79 bits per heavy atom. The van der Waals surface area contributed by atoms with Crippen molar-refractivity contribution in [2.75, 3.05) is 27.9 Å². The first kappa shape index (κ1) is 18.9. The summed E-state index contributed by atoms with van der Waals surface area (Å²) in [5, 5.41) is 2.39. The quantitative estimate of drug-likeness (QED) is 0.225. The lowest BCUT2D eigenvalue weighted by Gasteiger charge is -2.24. The zero-order valence-electron chi connectivity index (χ0n) is 12.4. The second-order valence-electron chi connectivity index (χ2n) is 4.49. The molecule has 0 N–H and O–H groups in total. The lowest BCUT2D eigenvalue weighted by atomic mass is 10.1. The number of aliphatic imine (C=N–C) groups is 1. The van der Waals surface area contributed by atoms with Gasteiger partial charge in [-0.1, -0.05) is 32.1 Å². The van der Waals surface area contributed by atoms with Crippen LogP contribution in [-0.2, 0) is 13.3 Å². The predicted octanol–water partition coefficient (Wildman–Crippen LogP) is 3.70. The second kappa shape index (κ2) is 12.9. The van der Waals surface area contributed by atoms with Gasteiger partial charge in [0.2, 0.25) is 0 Å². The number of nitrogens with zero attached hydrogens (tertiary/aromatic N) is 1. The van der Waals surface area contributed by atoms with E-state index in [1.165, 1.54) is 32.1 Å². The van der Waals surface area contributed by atoms with Gasteiger partial charge in [-0.15, -0.1) is 0 Å². The molecule has 4 nitrogen and oxygen atoms in total. The zero-order chi connectivity index (χ0) is 14.4. The van der Waals surface area contributed by atoms with E-state index in [4.69, 9.17) is 13.3 Å². The van der Waals surface area contributed by atoms with Gasteiger partial charge in [-0.05, 0) is 25.1 Å². The summed E-state index contributed by atoms with van der Waals surface area (Å²) in [5.41, 5.74) is 0. The fraction of sp³-hybridized carbons (Fsp3) is 0.923. The van der Waals surface area contributed by atoms with Gasteiger partial charge in [-0.2, -0.15) is 0 Å². The van der Waals surface area contributed by atoms with Crippen LogP contribution in [0.2, 0.25) is 6.04 Å². The lowest BCUT2D eigenvalue weighted by molar-refractivity contribution is 0.122. The van der Waals surface area contributed by atoms with Crippen molar-refractivity contribution in [2.45, 2.75) is 51.0 Å². The Kier molecular flexibility index (Phi) is 12.8. The molecule has 0 radical (unpaired) electrons. The van der Waals surface area contributed by atoms with E-state index < -0.39 is 8.80 Å². The molecule has 0 aliphatic carbocycles. The first-order valence-electron chi connectivity index (χ1n) is 6.93. The molecule has 0 aromatic heterocycles. The molecule has 112 valence electrons. The van der Waals surface area contributed by atoms with E-state index in [0.717, 1.165) is 25.4 Å². The van der Waals surface area contributed by atoms with E-state index in [0.29, 0.717) is 0 Å². The van der Waals surface area contributed by atoms with Crippen LogP contribution in [0.3, 0.4) is 0 Å². The van der Waals surface area contributed by atoms with Gasteiger partial charge in [0, 0.05) is 33.9 Å². The van der Waals surface area contributed by atoms with Crippen molar-refractivity contribution >= 4 is 26.2 Å². The van der Waals surface area contributed by atoms with Gasteiger partial charge < -0.3 is 13.3 Å². The fourth-order valence-electron chi connectivity index (χ4n) is 2.02. The highest BCUT2D eigenvalue weighted by Gasteiger charge is 2.36. The third kappa shape index (κ3) is 9.43. The van der Waals surface area contributed by atoms with Gasteiger partial charge in [0.15, 0.2) is 0 Å². The summed E-state index contributed by atoms with van der Waals surface area (Å²) in [6, 6.07) is 0.903. The second-order valence-corrected chi connectivity index (χ2v) is 7.77. The van der Waals surface area contributed by atoms with Crippen LogP contribution < -0.4 is 0 Å². The molecule has 0 heterocycles. The minimum absolute atomic E-state index is 0.827. The van der Waals surface area contributed by atoms with Gasteiger partial charge in [0.1, 0.15) is 0 Å². The number of thiocarbonyl (C=S) groups is 1. The molecule has 0 aliphatic rings. The summed E-state index contributed by atoms with van der Waals surface area (Å²) in [6.07, 6.45) is 8.49. The number of rotatable bonds is 13. The Morgan fingerprint density at radius 2 is 1.32 bits per heavy atom. The summed E-state index contributed by atoms with van der Waals surface area (Å²) in [6.45, 7) is 0.827. The molecule has 0 rings (SSSR count). The van der Waals surface area contributed by atoms with Crippen molar-refractivity contribution in [1.29, 1.82) is 0 Å². The number of isothiocyanates is 1. The highest BCUT2D eigenvalue weighted by atomic mass is 32.1. The molecule has 0 atom stereocenters. The molecule has 19 heavy (non-hydrogen) atoms. The van der Waals surface area contributed by atoms with Crippen molar-refractivity contribution in [3.05, 3.63) is 0 Å². The Hall–Kier alpha value is -0.103. The largest absolute Gasteiger partial charge is 0.500 e. The van der Waals surface area contributed by atoms with E-state index in [9.17, 15) is 0 Å². The van der Waals surface area contributed by atoms with E-state index in [-0.39, 0.29) is 0 Å². The molecule has 0 saturated heterocycles. The van der Waals surface area contributed by atoms with Crippen LogP contribution in [0.25, 0.3) is 0 Å². The van der Waals surface area contributed by atoms with Crippen LogP contribution in [0.4, 0.5) is 0 Å². The number of hydrogen-bond donors (Lipinski definition) is 0. The minimum atomic E-state index is -2.34. The highest BCUT2D eigenvalue weighted by Crippen LogP contribution is 2.18. The molecule has 0 saturated carbocycles. The van der Waals surface area contributed by atoms with Gasteiger partial charge >= 0.3 is 8.80 Å². The van der Waals surface area contributed by atoms with Crippen LogP contribution >= 0.6 is 12.2 Å². The summed E-state index contributed by atoms with van der Waals surface area (Å²) in [4.78, 5) is 3.90. The summed E-state index contributed by atoms with van der Waals surface area (Å²) >= 11 is 4.52. The van der Waals surface area contributed by atoms with Crippen molar-refractivity contribution in [2.24, 2.45) is 4.99 Å². The Morgan fingerprint density at radius 1 is 0.842 bits per heavy atom. The van der Waals surface area contributed by atoms with E-state index in [2.05, 4.69) is 22.4 Å². The Bertz CT molecular complexity index is 248. The first-order valence-corrected chi connectivity index (χ1v) is 9.27. The number of unbranched alkanes of at least 4 members (excludes halogenated alkanes) is 6. The van der Waals surface area contributed by atoms with Gasteiger partial charge in [0.25, 0.3) is 0 Å². The van der Waals surface area contributed by atoms with Crippen LogP contribution in [0, 0.1) is 0 Å². The third-order valence-electron chi connectivity index (χ3n) is 3.25. The average molecular weight is 306 g/mol. The Balaban J connectivity index is 3.42. The van der Waals surface area contributed by atoms with Crippen molar-refractivity contribution in [3.63, 3.8) is 0 Å². The van der Waals surface area contributed by atoms with E-state index >= 15 is 0 Å². The standard InChI is InChI=1S/C13H27NO3SSi/c1-15-19(16-2,17-3)12-10-8-6-4-5-7-9-11-14-13-18/h4-12H2,1-3H3. The topological polar surface area (TPSA) is 40.0 Å². The van der Waals surface area contributed by atoms with Crippen LogP contribution in [-0.4, -0.2) is 41.8 Å². The fourth-order valence-corrected chi connectivity index (χ4v) is 3.90. The van der Waals surface area contributed by atoms with Gasteiger partial charge in [-0.3, -0.25) is 0 Å². The maximum atomic E-state index is 5.39. The smallest absolute Gasteiger partial charge is 0.377 e. The molecule has 6 heteroatoms. The summed E-state index contributed by atoms with van der Waals surface area (Å²) < 4.78 is 16.2. The number of hydrogen-bond acceptors (Lipinski definition) is 5. The van der Waals surface area contributed by atoms with Crippen molar-refractivity contribution < 1.29 is 13.3 Å². The molecule has 0 aromatic carbocycles. The average Bonchev–Trinajstić information content (AvgIpc) is 2.46. The summed E-state index contributed by atoms with van der Waals surface area (Å²) in [5.74, 6) is 0. The molecule has 0 aliphatic heterocycles. The molecular formula is C13H27NO3SSi. The van der Waals surface area contributed by atoms with Crippen molar-refractivity contribution in [1.82, 2.24) is 0 Å². The molecule has 0 aromatic rings. The van der Waals surface area contributed by atoms with Crippen molar-refractivity contribution in [3.8, 4) is 0 Å². The third-order valence-corrected chi connectivity index (χ3v) is 6.21. The van der Waals surface area contributed by atoms with Crippen LogP contribution in [0.15, 0.2) is 4.99 Å². The van der Waals surface area contributed by atoms with E-state index in [1.807, 2.05) is 0 Å². The lowest BCUT2D eigenvalue weighted by Crippen LogP contribution is -2.42. The first-order chi connectivity index (χ1) is 9.24. The minimum Gasteiger partial charge on any atom is -0.377 e. The maximum Gasteiger partial charge on any atom is 0.500 e. The SMILES string of the molecule is CO[Si](CCCCCCCCCN=C=S)(OC)OC. The summed E-state index contributed by atoms with van der Waals surface area (Å²) in [7, 11) is 2.67. The zero-order valence-corrected chi connectivity index (χ0v) is 14.3. The Labute approximate surface area is 123 Å². The molecular weight excluding hydrogens is 278 g/mol. The maximum absolute atomic E-state index is 5.39. The molecule has 0 spiro atoms. The van der Waals surface area contributed by atoms with Crippen LogP contribution in [0.1, 0.15) is 44.9 Å². The van der Waals surface area contributed by atoms with Gasteiger partial charge in [-0.25, -0.2) is 4.99 Å². The monoisotopic (exact) mass is 305 g/mol. The molecule has 0 bridgehead atoms. The molecule has 0 amide bonds. The molecule has 0 unspecified atom stereocenters. The normalized spacial score (nSPS) is 11.3. The van der Waals surface area contributed by atoms with Gasteiger partial charge in [0.05, 0.1) is 5.16 Å². The highest BCUT2D eigenvalue weighted by molar-refractivity contribution is 7.78. The molecule has 0 fully saturated rings. The predicted molar refractivity (Wildman–Crippen MR) is 83.8 cm³/mol. The van der Waals surface area contributed by atoms with E-state index in [1.54, 1.807) is 21.3 Å².